The summed E-state index contributed by atoms with van der Waals surface area (Å²) >= 11 is 20.7. The minimum absolute atomic E-state index is 0.575. The molecule has 48 heavy (non-hydrogen) atoms. The van der Waals surface area contributed by atoms with Gasteiger partial charge in [0.05, 0.1) is 0 Å². The van der Waals surface area contributed by atoms with Gasteiger partial charge >= 0.3 is 0 Å². The largest absolute Gasteiger partial charge is 0.348 e. The summed E-state index contributed by atoms with van der Waals surface area (Å²) in [5.74, 6) is 0. The van der Waals surface area contributed by atoms with Crippen LogP contribution in [-0.4, -0.2) is 17.7 Å². The van der Waals surface area contributed by atoms with E-state index in [0.29, 0.717) is 6.61 Å². The smallest absolute Gasteiger partial charge is 0.187 e. The van der Waals surface area contributed by atoms with Crippen LogP contribution in [0, 0.1) is 0 Å². The second kappa shape index (κ2) is 14.0. The van der Waals surface area contributed by atoms with E-state index in [9.17, 15) is 0 Å². The molecule has 0 saturated carbocycles. The number of allylic oxidation sites excluding steroid dienone is 5. The highest BCUT2D eigenvalue weighted by atomic mass is 35.5. The number of unbranched alkanes of at least 4 members (excludes halogenated alkanes) is 2. The van der Waals surface area contributed by atoms with E-state index >= 15 is 0 Å². The predicted molar refractivity (Wildman–Crippen MR) is 208 cm³/mol. The van der Waals surface area contributed by atoms with Crippen LogP contribution in [-0.2, 0) is 17.0 Å². The summed E-state index contributed by atoms with van der Waals surface area (Å²) in [6.07, 6.45) is 16.3. The highest BCUT2D eigenvalue weighted by molar-refractivity contribution is 6.37. The molecule has 0 radical (unpaired) electrons. The molecule has 0 saturated heterocycles. The maximum atomic E-state index is 7.29. The van der Waals surface area contributed by atoms with Crippen LogP contribution in [0.3, 0.4) is 0 Å². The molecular weight excluding hydrogens is 655 g/mol. The van der Waals surface area contributed by atoms with E-state index < -0.39 is 5.72 Å². The molecule has 1 atom stereocenters. The number of benzene rings is 4. The van der Waals surface area contributed by atoms with Gasteiger partial charge in [0, 0.05) is 83.8 Å². The van der Waals surface area contributed by atoms with Crippen LogP contribution in [0.4, 0.5) is 5.69 Å². The van der Waals surface area contributed by atoms with Crippen LogP contribution in [0.1, 0.15) is 71.3 Å². The lowest BCUT2D eigenvalue weighted by atomic mass is 9.92. The van der Waals surface area contributed by atoms with E-state index in [0.717, 1.165) is 95.0 Å². The van der Waals surface area contributed by atoms with E-state index in [4.69, 9.17) is 39.5 Å². The number of hydrogen-bond acceptors (Lipinski definition) is 2. The number of halogens is 3. The third kappa shape index (κ3) is 5.57. The van der Waals surface area contributed by atoms with Crippen molar-refractivity contribution in [3.05, 3.63) is 116 Å². The minimum Gasteiger partial charge on any atom is -0.348 e. The van der Waals surface area contributed by atoms with Crippen molar-refractivity contribution in [3.63, 3.8) is 0 Å². The van der Waals surface area contributed by atoms with Crippen LogP contribution in [0.5, 0.6) is 0 Å². The van der Waals surface area contributed by atoms with Crippen LogP contribution in [0.25, 0.3) is 38.5 Å². The first-order valence-corrected chi connectivity index (χ1v) is 18.7. The number of anilines is 1. The Morgan fingerprint density at radius 3 is 2.25 bits per heavy atom. The molecule has 0 spiro atoms. The van der Waals surface area contributed by atoms with Gasteiger partial charge in [-0.05, 0) is 86.6 Å². The quantitative estimate of drug-likeness (QED) is 0.137. The van der Waals surface area contributed by atoms with E-state index in [1.807, 2.05) is 12.1 Å². The van der Waals surface area contributed by atoms with Gasteiger partial charge in [0.1, 0.15) is 0 Å². The molecule has 0 fully saturated rings. The summed E-state index contributed by atoms with van der Waals surface area (Å²) in [6.45, 7) is 8.97. The highest BCUT2D eigenvalue weighted by Crippen LogP contribution is 2.51. The average Bonchev–Trinajstić information content (AvgIpc) is 3.55. The predicted octanol–water partition coefficient (Wildman–Crippen LogP) is 12.2. The zero-order valence-electron chi connectivity index (χ0n) is 28.1. The molecule has 248 valence electrons. The molecule has 4 aromatic carbocycles. The Bertz CT molecular complexity index is 2160. The minimum atomic E-state index is -0.737. The van der Waals surface area contributed by atoms with Crippen LogP contribution in [0.15, 0.2) is 95.1 Å². The Morgan fingerprint density at radius 2 is 1.48 bits per heavy atom. The van der Waals surface area contributed by atoms with Crippen molar-refractivity contribution >= 4 is 79.0 Å². The van der Waals surface area contributed by atoms with Gasteiger partial charge in [-0.15, -0.1) is 0 Å². The van der Waals surface area contributed by atoms with E-state index in [2.05, 4.69) is 103 Å². The van der Waals surface area contributed by atoms with Crippen molar-refractivity contribution in [3.8, 4) is 0 Å². The van der Waals surface area contributed by atoms with Crippen molar-refractivity contribution in [2.45, 2.75) is 78.0 Å². The molecule has 7 rings (SSSR count). The molecule has 0 bridgehead atoms. The lowest BCUT2D eigenvalue weighted by Gasteiger charge is -2.39. The van der Waals surface area contributed by atoms with Crippen molar-refractivity contribution in [1.29, 1.82) is 0 Å². The van der Waals surface area contributed by atoms with Gasteiger partial charge in [-0.25, -0.2) is 0 Å². The zero-order valence-corrected chi connectivity index (χ0v) is 30.4. The standard InChI is InChI=1S/C42H43Cl3N2O/c1-4-7-26-46-36(32-16-10-14-30-34(43)19-22-37(46)39(30)32)21-18-28-12-9-13-29(41(28)45)24-25-42(48-6-3)33-17-11-15-31-35(44)20-23-38(40(31)33)47(42)27-8-5-2/h10-11,14-25H,4-9,12-13,26-27H2,1-3H3. The number of rotatable bonds is 11. The molecule has 1 aliphatic carbocycles. The molecule has 3 nitrogen and oxygen atoms in total. The van der Waals surface area contributed by atoms with Gasteiger partial charge in [0.25, 0.3) is 0 Å². The Morgan fingerprint density at radius 1 is 0.771 bits per heavy atom. The molecule has 0 amide bonds. The molecule has 1 aliphatic heterocycles. The molecule has 2 heterocycles. The van der Waals surface area contributed by atoms with Crippen LogP contribution in [0.2, 0.25) is 10.0 Å². The van der Waals surface area contributed by atoms with Crippen LogP contribution < -0.4 is 10.2 Å². The monoisotopic (exact) mass is 696 g/mol. The van der Waals surface area contributed by atoms with Gasteiger partial charge < -0.3 is 14.2 Å². The fraction of sp³-hybridized carbons (Fsp3) is 0.333. The lowest BCUT2D eigenvalue weighted by molar-refractivity contribution is -0.00334. The normalized spacial score (nSPS) is 19.5. The molecule has 5 aromatic rings. The Balaban J connectivity index is 1.33. The van der Waals surface area contributed by atoms with Gasteiger partial charge in [0.15, 0.2) is 5.72 Å². The fourth-order valence-corrected chi connectivity index (χ4v) is 8.57. The van der Waals surface area contributed by atoms with E-state index in [-0.39, 0.29) is 0 Å². The number of nitrogens with zero attached hydrogens (tertiary/aromatic N) is 2. The van der Waals surface area contributed by atoms with Crippen LogP contribution >= 0.6 is 34.8 Å². The second-order valence-electron chi connectivity index (χ2n) is 13.0. The topological polar surface area (TPSA) is 17.4 Å². The first-order chi connectivity index (χ1) is 23.4. The summed E-state index contributed by atoms with van der Waals surface area (Å²) in [6, 6.07) is 21.2. The first kappa shape index (κ1) is 33.3. The van der Waals surface area contributed by atoms with Crippen molar-refractivity contribution in [1.82, 2.24) is 4.57 Å². The van der Waals surface area contributed by atoms with Gasteiger partial charge in [-0.3, -0.25) is 0 Å². The molecular formula is C42H43Cl3N2O. The Hall–Kier alpha value is -3.21. The maximum absolute atomic E-state index is 7.29. The number of aromatic nitrogens is 1. The number of hydrogen-bond donors (Lipinski definition) is 0. The molecule has 6 heteroatoms. The van der Waals surface area contributed by atoms with Crippen molar-refractivity contribution in [2.75, 3.05) is 18.1 Å². The molecule has 1 aromatic heterocycles. The fourth-order valence-electron chi connectivity index (χ4n) is 7.81. The highest BCUT2D eigenvalue weighted by Gasteiger charge is 2.45. The average molecular weight is 698 g/mol. The second-order valence-corrected chi connectivity index (χ2v) is 14.2. The Kier molecular flexibility index (Phi) is 9.68. The molecule has 2 aliphatic rings. The molecule has 0 N–H and O–H groups in total. The summed E-state index contributed by atoms with van der Waals surface area (Å²) < 4.78 is 9.24. The molecule has 1 unspecified atom stereocenters. The number of ether oxygens (including phenoxy) is 1. The van der Waals surface area contributed by atoms with Gasteiger partial charge in [0.2, 0.25) is 0 Å². The van der Waals surface area contributed by atoms with E-state index in [1.165, 1.54) is 38.3 Å². The Labute approximate surface area is 299 Å². The van der Waals surface area contributed by atoms with Crippen molar-refractivity contribution in [2.24, 2.45) is 0 Å². The third-order valence-electron chi connectivity index (χ3n) is 10.1. The summed E-state index contributed by atoms with van der Waals surface area (Å²) in [7, 11) is 0. The van der Waals surface area contributed by atoms with Gasteiger partial charge in [-0.1, -0.05) is 110 Å². The zero-order chi connectivity index (χ0) is 33.4. The summed E-state index contributed by atoms with van der Waals surface area (Å²) in [5.41, 5.74) is 5.13. The maximum Gasteiger partial charge on any atom is 0.187 e. The van der Waals surface area contributed by atoms with Crippen molar-refractivity contribution < 1.29 is 4.74 Å². The number of aryl methyl sites for hydroxylation is 1. The van der Waals surface area contributed by atoms with E-state index in [1.54, 1.807) is 0 Å². The SMILES string of the molecule is CCCCN1c2ccc(Cl)c3cccc(c23)C1(C=CC1=C(Cl)C(=CC=c2c3cccc4c(Cl)ccc(c43)n2CCCC)CCC1)OCC. The third-order valence-corrected chi connectivity index (χ3v) is 11.3. The summed E-state index contributed by atoms with van der Waals surface area (Å²) in [4.78, 5) is 2.43. The van der Waals surface area contributed by atoms with Gasteiger partial charge in [-0.2, -0.15) is 0 Å². The summed E-state index contributed by atoms with van der Waals surface area (Å²) in [5, 5.41) is 9.43. The lowest BCUT2D eigenvalue weighted by Crippen LogP contribution is -2.45. The first-order valence-electron chi connectivity index (χ1n) is 17.5.